The number of hydrogen-bond donors (Lipinski definition) is 2. The maximum absolute atomic E-state index is 11.8. The molecule has 1 saturated heterocycles. The SMILES string of the molecule is CN=C(NCCN1CCCS1(=O)=O)Nc1ccc(OC)c(OC)c1. The molecule has 24 heavy (non-hydrogen) atoms. The number of aliphatic imine (C=N–C) groups is 1. The lowest BCUT2D eigenvalue weighted by molar-refractivity contribution is 0.355. The van der Waals surface area contributed by atoms with Gasteiger partial charge in [-0.05, 0) is 18.6 Å². The summed E-state index contributed by atoms with van der Waals surface area (Å²) in [4.78, 5) is 4.14. The summed E-state index contributed by atoms with van der Waals surface area (Å²) in [5.41, 5.74) is 0.787. The summed E-state index contributed by atoms with van der Waals surface area (Å²) in [7, 11) is 1.75. The van der Waals surface area contributed by atoms with Crippen LogP contribution >= 0.6 is 0 Å². The highest BCUT2D eigenvalue weighted by molar-refractivity contribution is 7.89. The van der Waals surface area contributed by atoms with Crippen molar-refractivity contribution >= 4 is 21.7 Å². The number of rotatable bonds is 6. The third kappa shape index (κ3) is 4.51. The van der Waals surface area contributed by atoms with Crippen molar-refractivity contribution in [2.45, 2.75) is 6.42 Å². The Balaban J connectivity index is 1.91. The highest BCUT2D eigenvalue weighted by Crippen LogP contribution is 2.29. The van der Waals surface area contributed by atoms with Gasteiger partial charge < -0.3 is 20.1 Å². The molecule has 0 radical (unpaired) electrons. The fraction of sp³-hybridized carbons (Fsp3) is 0.533. The van der Waals surface area contributed by atoms with E-state index in [9.17, 15) is 8.42 Å². The van der Waals surface area contributed by atoms with Crippen LogP contribution in [-0.4, -0.2) is 65.3 Å². The summed E-state index contributed by atoms with van der Waals surface area (Å²) in [6.07, 6.45) is 0.695. The first-order valence-electron chi connectivity index (χ1n) is 7.67. The molecule has 1 aromatic carbocycles. The van der Waals surface area contributed by atoms with Gasteiger partial charge in [0, 0.05) is 38.4 Å². The van der Waals surface area contributed by atoms with Crippen molar-refractivity contribution in [1.29, 1.82) is 0 Å². The van der Waals surface area contributed by atoms with Crippen molar-refractivity contribution in [2.75, 3.05) is 52.0 Å². The first kappa shape index (κ1) is 18.3. The highest BCUT2D eigenvalue weighted by Gasteiger charge is 2.27. The molecule has 1 aliphatic rings. The number of methoxy groups -OCH3 is 2. The maximum atomic E-state index is 11.8. The van der Waals surface area contributed by atoms with Crippen LogP contribution in [0.2, 0.25) is 0 Å². The zero-order valence-electron chi connectivity index (χ0n) is 14.2. The minimum Gasteiger partial charge on any atom is -0.493 e. The van der Waals surface area contributed by atoms with Crippen LogP contribution in [-0.2, 0) is 10.0 Å². The average molecular weight is 356 g/mol. The summed E-state index contributed by atoms with van der Waals surface area (Å²) in [5.74, 6) is 2.05. The van der Waals surface area contributed by atoms with E-state index >= 15 is 0 Å². The molecule has 1 heterocycles. The molecule has 2 rings (SSSR count). The van der Waals surface area contributed by atoms with E-state index in [0.717, 1.165) is 5.69 Å². The quantitative estimate of drug-likeness (QED) is 0.577. The van der Waals surface area contributed by atoms with Gasteiger partial charge >= 0.3 is 0 Å². The zero-order valence-corrected chi connectivity index (χ0v) is 15.0. The van der Waals surface area contributed by atoms with E-state index < -0.39 is 10.0 Å². The molecule has 9 heteroatoms. The van der Waals surface area contributed by atoms with E-state index in [2.05, 4.69) is 15.6 Å². The lowest BCUT2D eigenvalue weighted by atomic mass is 10.3. The Hall–Kier alpha value is -2.00. The molecule has 1 fully saturated rings. The summed E-state index contributed by atoms with van der Waals surface area (Å²) >= 11 is 0. The smallest absolute Gasteiger partial charge is 0.214 e. The van der Waals surface area contributed by atoms with Crippen molar-refractivity contribution in [2.24, 2.45) is 4.99 Å². The third-order valence-corrected chi connectivity index (χ3v) is 5.68. The lowest BCUT2D eigenvalue weighted by Gasteiger charge is -2.17. The second-order valence-corrected chi connectivity index (χ2v) is 7.35. The number of nitrogens with zero attached hydrogens (tertiary/aromatic N) is 2. The number of anilines is 1. The van der Waals surface area contributed by atoms with Gasteiger partial charge in [-0.2, -0.15) is 0 Å². The Morgan fingerprint density at radius 1 is 1.29 bits per heavy atom. The largest absolute Gasteiger partial charge is 0.493 e. The number of sulfonamides is 1. The minimum atomic E-state index is -3.06. The van der Waals surface area contributed by atoms with E-state index in [1.807, 2.05) is 6.07 Å². The van der Waals surface area contributed by atoms with Gasteiger partial charge in [0.1, 0.15) is 0 Å². The predicted molar refractivity (Wildman–Crippen MR) is 94.5 cm³/mol. The van der Waals surface area contributed by atoms with Crippen LogP contribution in [0.25, 0.3) is 0 Å². The number of hydrogen-bond acceptors (Lipinski definition) is 5. The molecule has 0 spiro atoms. The molecule has 1 aliphatic heterocycles. The van der Waals surface area contributed by atoms with Crippen LogP contribution in [0.5, 0.6) is 11.5 Å². The van der Waals surface area contributed by atoms with Gasteiger partial charge in [0.2, 0.25) is 10.0 Å². The summed E-state index contributed by atoms with van der Waals surface area (Å²) < 4.78 is 35.5. The molecule has 2 N–H and O–H groups in total. The monoisotopic (exact) mass is 356 g/mol. The van der Waals surface area contributed by atoms with Crippen molar-refractivity contribution in [3.8, 4) is 11.5 Å². The molecule has 0 amide bonds. The average Bonchev–Trinajstić information content (AvgIpc) is 2.92. The number of benzene rings is 1. The summed E-state index contributed by atoms with van der Waals surface area (Å²) in [6, 6.07) is 5.45. The summed E-state index contributed by atoms with van der Waals surface area (Å²) in [6.45, 7) is 1.49. The highest BCUT2D eigenvalue weighted by atomic mass is 32.2. The standard InChI is InChI=1S/C15H24N4O4S/c1-16-15(17-7-9-19-8-4-10-24(19,20)21)18-12-5-6-13(22-2)14(11-12)23-3/h5-6,11H,4,7-10H2,1-3H3,(H2,16,17,18). The second kappa shape index (κ2) is 8.20. The Kier molecular flexibility index (Phi) is 6.27. The number of ether oxygens (including phenoxy) is 2. The van der Waals surface area contributed by atoms with E-state index in [1.165, 1.54) is 4.31 Å². The zero-order chi connectivity index (χ0) is 17.6. The van der Waals surface area contributed by atoms with Gasteiger partial charge in [-0.25, -0.2) is 12.7 Å². The molecule has 8 nitrogen and oxygen atoms in total. The van der Waals surface area contributed by atoms with Crippen molar-refractivity contribution in [3.05, 3.63) is 18.2 Å². The topological polar surface area (TPSA) is 92.3 Å². The molecule has 0 saturated carbocycles. The molecule has 1 aromatic rings. The molecule has 0 bridgehead atoms. The fourth-order valence-electron chi connectivity index (χ4n) is 2.47. The Morgan fingerprint density at radius 2 is 2.04 bits per heavy atom. The first-order chi connectivity index (χ1) is 11.5. The van der Waals surface area contributed by atoms with Gasteiger partial charge in [-0.3, -0.25) is 4.99 Å². The fourth-order valence-corrected chi connectivity index (χ4v) is 4.00. The van der Waals surface area contributed by atoms with Gasteiger partial charge in [0.25, 0.3) is 0 Å². The third-order valence-electron chi connectivity index (χ3n) is 3.73. The minimum absolute atomic E-state index is 0.242. The Morgan fingerprint density at radius 3 is 2.62 bits per heavy atom. The number of guanidine groups is 1. The lowest BCUT2D eigenvalue weighted by Crippen LogP contribution is -2.38. The molecular formula is C15H24N4O4S. The normalized spacial score (nSPS) is 17.5. The van der Waals surface area contributed by atoms with Crippen molar-refractivity contribution < 1.29 is 17.9 Å². The van der Waals surface area contributed by atoms with Gasteiger partial charge in [0.15, 0.2) is 17.5 Å². The van der Waals surface area contributed by atoms with Crippen molar-refractivity contribution in [1.82, 2.24) is 9.62 Å². The molecule has 134 valence electrons. The van der Waals surface area contributed by atoms with E-state index in [-0.39, 0.29) is 5.75 Å². The number of nitrogens with one attached hydrogen (secondary N) is 2. The van der Waals surface area contributed by atoms with Crippen LogP contribution in [0.15, 0.2) is 23.2 Å². The summed E-state index contributed by atoms with van der Waals surface area (Å²) in [5, 5.41) is 6.25. The molecule has 0 aliphatic carbocycles. The van der Waals surface area contributed by atoms with Crippen LogP contribution in [0, 0.1) is 0 Å². The van der Waals surface area contributed by atoms with Gasteiger partial charge in [-0.1, -0.05) is 0 Å². The van der Waals surface area contributed by atoms with Gasteiger partial charge in [-0.15, -0.1) is 0 Å². The van der Waals surface area contributed by atoms with Crippen LogP contribution in [0.1, 0.15) is 6.42 Å². The van der Waals surface area contributed by atoms with Crippen LogP contribution in [0.4, 0.5) is 5.69 Å². The van der Waals surface area contributed by atoms with E-state index in [0.29, 0.717) is 43.5 Å². The molecular weight excluding hydrogens is 332 g/mol. The molecule has 0 atom stereocenters. The maximum Gasteiger partial charge on any atom is 0.214 e. The molecule has 0 unspecified atom stereocenters. The Bertz CT molecular complexity index is 691. The Labute approximate surface area is 142 Å². The second-order valence-electron chi connectivity index (χ2n) is 5.26. The van der Waals surface area contributed by atoms with E-state index in [4.69, 9.17) is 9.47 Å². The van der Waals surface area contributed by atoms with Gasteiger partial charge in [0.05, 0.1) is 20.0 Å². The van der Waals surface area contributed by atoms with Crippen LogP contribution < -0.4 is 20.1 Å². The first-order valence-corrected chi connectivity index (χ1v) is 9.28. The molecule has 0 aromatic heterocycles. The van der Waals surface area contributed by atoms with Crippen molar-refractivity contribution in [3.63, 3.8) is 0 Å². The van der Waals surface area contributed by atoms with Crippen LogP contribution in [0.3, 0.4) is 0 Å². The van der Waals surface area contributed by atoms with E-state index in [1.54, 1.807) is 33.4 Å². The predicted octanol–water partition coefficient (Wildman–Crippen LogP) is 0.727.